The maximum Gasteiger partial charge on any atom is 0.159 e. The SMILES string of the molecule is COc1ccc(-n2nnc(CO)c2-c2ccc(F)c(F)c2)cc1. The number of hydrogen-bond donors (Lipinski definition) is 1. The summed E-state index contributed by atoms with van der Waals surface area (Å²) in [6.45, 7) is -0.371. The van der Waals surface area contributed by atoms with Crippen LogP contribution in [0.15, 0.2) is 42.5 Å². The fraction of sp³-hybridized carbons (Fsp3) is 0.125. The Balaban J connectivity index is 2.14. The Morgan fingerprint density at radius 3 is 2.43 bits per heavy atom. The normalized spacial score (nSPS) is 10.8. The Hall–Kier alpha value is -2.80. The summed E-state index contributed by atoms with van der Waals surface area (Å²) >= 11 is 0. The minimum atomic E-state index is -0.978. The van der Waals surface area contributed by atoms with E-state index in [1.165, 1.54) is 10.7 Å². The highest BCUT2D eigenvalue weighted by Gasteiger charge is 2.17. The van der Waals surface area contributed by atoms with E-state index in [0.29, 0.717) is 22.7 Å². The molecule has 0 fully saturated rings. The van der Waals surface area contributed by atoms with Crippen LogP contribution < -0.4 is 4.74 Å². The van der Waals surface area contributed by atoms with Crippen molar-refractivity contribution < 1.29 is 18.6 Å². The maximum atomic E-state index is 13.5. The van der Waals surface area contributed by atoms with Gasteiger partial charge in [0.25, 0.3) is 0 Å². The van der Waals surface area contributed by atoms with E-state index in [1.807, 2.05) is 0 Å². The van der Waals surface area contributed by atoms with Crippen LogP contribution in [-0.2, 0) is 6.61 Å². The van der Waals surface area contributed by atoms with Crippen LogP contribution in [-0.4, -0.2) is 27.2 Å². The van der Waals surface area contributed by atoms with E-state index >= 15 is 0 Å². The van der Waals surface area contributed by atoms with Gasteiger partial charge in [-0.05, 0) is 42.5 Å². The van der Waals surface area contributed by atoms with Crippen molar-refractivity contribution in [3.05, 3.63) is 59.8 Å². The first-order valence-corrected chi connectivity index (χ1v) is 6.79. The van der Waals surface area contributed by atoms with Crippen LogP contribution in [0.2, 0.25) is 0 Å². The van der Waals surface area contributed by atoms with Gasteiger partial charge >= 0.3 is 0 Å². The van der Waals surface area contributed by atoms with Crippen LogP contribution >= 0.6 is 0 Å². The highest BCUT2D eigenvalue weighted by molar-refractivity contribution is 5.64. The fourth-order valence-electron chi connectivity index (χ4n) is 2.26. The van der Waals surface area contributed by atoms with Crippen molar-refractivity contribution in [2.45, 2.75) is 6.61 Å². The summed E-state index contributed by atoms with van der Waals surface area (Å²) in [5, 5.41) is 17.3. The van der Waals surface area contributed by atoms with E-state index in [2.05, 4.69) is 10.3 Å². The van der Waals surface area contributed by atoms with Crippen LogP contribution in [0.4, 0.5) is 8.78 Å². The highest BCUT2D eigenvalue weighted by Crippen LogP contribution is 2.27. The zero-order chi connectivity index (χ0) is 16.4. The quantitative estimate of drug-likeness (QED) is 0.804. The van der Waals surface area contributed by atoms with Gasteiger partial charge in [0, 0.05) is 5.56 Å². The van der Waals surface area contributed by atoms with Gasteiger partial charge in [-0.3, -0.25) is 0 Å². The van der Waals surface area contributed by atoms with Gasteiger partial charge in [0.05, 0.1) is 19.4 Å². The monoisotopic (exact) mass is 317 g/mol. The van der Waals surface area contributed by atoms with E-state index in [-0.39, 0.29) is 12.3 Å². The van der Waals surface area contributed by atoms with Crippen molar-refractivity contribution in [2.75, 3.05) is 7.11 Å². The Labute approximate surface area is 130 Å². The van der Waals surface area contributed by atoms with Gasteiger partial charge in [0.2, 0.25) is 0 Å². The number of benzene rings is 2. The van der Waals surface area contributed by atoms with Crippen molar-refractivity contribution in [2.24, 2.45) is 0 Å². The predicted molar refractivity (Wildman–Crippen MR) is 79.2 cm³/mol. The fourth-order valence-corrected chi connectivity index (χ4v) is 2.26. The molecule has 0 saturated carbocycles. The molecule has 0 saturated heterocycles. The number of methoxy groups -OCH3 is 1. The number of hydrogen-bond acceptors (Lipinski definition) is 4. The van der Waals surface area contributed by atoms with Crippen molar-refractivity contribution in [3.8, 4) is 22.7 Å². The number of halogens is 2. The Morgan fingerprint density at radius 1 is 1.09 bits per heavy atom. The lowest BCUT2D eigenvalue weighted by atomic mass is 10.1. The molecule has 0 bridgehead atoms. The first kappa shape index (κ1) is 15.1. The minimum Gasteiger partial charge on any atom is -0.497 e. The smallest absolute Gasteiger partial charge is 0.159 e. The van der Waals surface area contributed by atoms with Crippen LogP contribution in [0.25, 0.3) is 16.9 Å². The standard InChI is InChI=1S/C16H13F2N3O2/c1-23-12-5-3-11(4-6-12)21-16(15(9-22)19-20-21)10-2-7-13(17)14(18)8-10/h2-8,22H,9H2,1H3. The molecule has 0 aliphatic heterocycles. The summed E-state index contributed by atoms with van der Waals surface area (Å²) in [5.41, 5.74) is 1.69. The Morgan fingerprint density at radius 2 is 1.83 bits per heavy atom. The van der Waals surface area contributed by atoms with Crippen LogP contribution in [0.1, 0.15) is 5.69 Å². The largest absolute Gasteiger partial charge is 0.497 e. The third-order valence-electron chi connectivity index (χ3n) is 3.40. The zero-order valence-electron chi connectivity index (χ0n) is 12.2. The molecule has 0 radical (unpaired) electrons. The molecule has 0 amide bonds. The van der Waals surface area contributed by atoms with E-state index in [0.717, 1.165) is 12.1 Å². The molecule has 0 aliphatic rings. The second-order valence-corrected chi connectivity index (χ2v) is 4.78. The van der Waals surface area contributed by atoms with E-state index in [1.54, 1.807) is 31.4 Å². The summed E-state index contributed by atoms with van der Waals surface area (Å²) in [4.78, 5) is 0. The molecule has 0 aliphatic carbocycles. The molecule has 2 aromatic carbocycles. The number of rotatable bonds is 4. The first-order chi connectivity index (χ1) is 11.1. The van der Waals surface area contributed by atoms with E-state index < -0.39 is 11.6 Å². The molecule has 0 atom stereocenters. The number of nitrogens with zero attached hydrogens (tertiary/aromatic N) is 3. The van der Waals surface area contributed by atoms with Gasteiger partial charge in [-0.1, -0.05) is 5.21 Å². The van der Waals surface area contributed by atoms with Gasteiger partial charge in [0.15, 0.2) is 11.6 Å². The molecular formula is C16H13F2N3O2. The molecule has 0 spiro atoms. The Bertz CT molecular complexity index is 832. The number of aliphatic hydroxyl groups excluding tert-OH is 1. The molecular weight excluding hydrogens is 304 g/mol. The third kappa shape index (κ3) is 2.78. The van der Waals surface area contributed by atoms with Crippen molar-refractivity contribution in [1.29, 1.82) is 0 Å². The summed E-state index contributed by atoms with van der Waals surface area (Å²) < 4.78 is 33.2. The zero-order valence-corrected chi connectivity index (χ0v) is 12.2. The van der Waals surface area contributed by atoms with E-state index in [9.17, 15) is 13.9 Å². The summed E-state index contributed by atoms with van der Waals surface area (Å²) in [5.74, 6) is -1.25. The second-order valence-electron chi connectivity index (χ2n) is 4.78. The molecule has 3 aromatic rings. The molecule has 1 aromatic heterocycles. The van der Waals surface area contributed by atoms with Crippen molar-refractivity contribution >= 4 is 0 Å². The van der Waals surface area contributed by atoms with Gasteiger partial charge in [-0.2, -0.15) is 0 Å². The highest BCUT2D eigenvalue weighted by atomic mass is 19.2. The molecule has 1 heterocycles. The summed E-state index contributed by atoms with van der Waals surface area (Å²) in [6.07, 6.45) is 0. The van der Waals surface area contributed by atoms with Gasteiger partial charge < -0.3 is 9.84 Å². The van der Waals surface area contributed by atoms with Crippen LogP contribution in [0.3, 0.4) is 0 Å². The predicted octanol–water partition coefficient (Wildman–Crippen LogP) is 2.71. The average Bonchev–Trinajstić information content (AvgIpc) is 3.01. The second kappa shape index (κ2) is 6.13. The van der Waals surface area contributed by atoms with E-state index in [4.69, 9.17) is 4.74 Å². The van der Waals surface area contributed by atoms with Gasteiger partial charge in [0.1, 0.15) is 17.1 Å². The molecule has 118 valence electrons. The van der Waals surface area contributed by atoms with Crippen molar-refractivity contribution in [3.63, 3.8) is 0 Å². The average molecular weight is 317 g/mol. The molecule has 3 rings (SSSR count). The third-order valence-corrected chi connectivity index (χ3v) is 3.40. The van der Waals surface area contributed by atoms with Crippen molar-refractivity contribution in [1.82, 2.24) is 15.0 Å². The Kier molecular flexibility index (Phi) is 4.03. The van der Waals surface area contributed by atoms with Gasteiger partial charge in [-0.15, -0.1) is 5.10 Å². The molecule has 5 nitrogen and oxygen atoms in total. The lowest BCUT2D eigenvalue weighted by Gasteiger charge is -2.09. The minimum absolute atomic E-state index is 0.270. The molecule has 1 N–H and O–H groups in total. The van der Waals surface area contributed by atoms with Crippen LogP contribution in [0.5, 0.6) is 5.75 Å². The number of ether oxygens (including phenoxy) is 1. The number of aliphatic hydroxyl groups is 1. The topological polar surface area (TPSA) is 60.2 Å². The molecule has 7 heteroatoms. The van der Waals surface area contributed by atoms with Gasteiger partial charge in [-0.25, -0.2) is 13.5 Å². The molecule has 0 unspecified atom stereocenters. The summed E-state index contributed by atoms with van der Waals surface area (Å²) in [6, 6.07) is 10.5. The van der Waals surface area contributed by atoms with Crippen LogP contribution in [0, 0.1) is 11.6 Å². The first-order valence-electron chi connectivity index (χ1n) is 6.79. The maximum absolute atomic E-state index is 13.5. The number of aromatic nitrogens is 3. The lowest BCUT2D eigenvalue weighted by molar-refractivity contribution is 0.277. The summed E-state index contributed by atoms with van der Waals surface area (Å²) in [7, 11) is 1.56. The molecule has 23 heavy (non-hydrogen) atoms. The lowest BCUT2D eigenvalue weighted by Crippen LogP contribution is -2.01.